The Morgan fingerprint density at radius 3 is 2.67 bits per heavy atom. The van der Waals surface area contributed by atoms with Crippen molar-refractivity contribution in [3.05, 3.63) is 66.1 Å². The van der Waals surface area contributed by atoms with Crippen LogP contribution in [-0.4, -0.2) is 45.5 Å². The number of nitrogens with zero attached hydrogens (tertiary/aromatic N) is 4. The third kappa shape index (κ3) is 4.86. The fourth-order valence-corrected chi connectivity index (χ4v) is 7.00. The number of carbonyl (C=O) groups is 1. The normalized spacial score (nSPS) is 25.9. The average Bonchev–Trinajstić information content (AvgIpc) is 3.45. The van der Waals surface area contributed by atoms with E-state index in [2.05, 4.69) is 66.0 Å². The van der Waals surface area contributed by atoms with Gasteiger partial charge < -0.3 is 4.57 Å². The minimum absolute atomic E-state index is 0.198. The van der Waals surface area contributed by atoms with E-state index in [1.807, 2.05) is 6.07 Å². The Kier molecular flexibility index (Phi) is 6.96. The molecule has 6 nitrogen and oxygen atoms in total. The molecule has 39 heavy (non-hydrogen) atoms. The number of fused-ring (bicyclic) bond motifs is 1. The van der Waals surface area contributed by atoms with Gasteiger partial charge in [-0.25, -0.2) is 9.18 Å². The van der Waals surface area contributed by atoms with Gasteiger partial charge in [0.1, 0.15) is 17.2 Å². The maximum atomic E-state index is 14.3. The van der Waals surface area contributed by atoms with Crippen molar-refractivity contribution in [1.82, 2.24) is 14.8 Å². The standard InChI is InChI=1S/C32H40FN5O/c1-22(2)37-16-14-25-13-12-24(18-29(25)37)21-36-17-15-32(20-23(36)3)30(34-27-9-5-4-6-10-27)35-31(39)38(32)28-11-7-8-26(33)19-28/h7-8,11-14,16,18-19,22-23,27H,4-6,9-10,15,17,20-21H2,1-3H3,(H,34,35,39)/t23-,32+/m1/s1. The maximum absolute atomic E-state index is 14.3. The van der Waals surface area contributed by atoms with Gasteiger partial charge in [-0.1, -0.05) is 37.5 Å². The van der Waals surface area contributed by atoms with Gasteiger partial charge in [0, 0.05) is 42.6 Å². The molecule has 2 aromatic carbocycles. The van der Waals surface area contributed by atoms with Gasteiger partial charge in [0.2, 0.25) is 0 Å². The van der Waals surface area contributed by atoms with Crippen LogP contribution in [0.25, 0.3) is 10.9 Å². The number of rotatable bonds is 5. The topological polar surface area (TPSA) is 52.9 Å². The van der Waals surface area contributed by atoms with E-state index in [0.29, 0.717) is 11.7 Å². The van der Waals surface area contributed by atoms with Gasteiger partial charge in [-0.15, -0.1) is 0 Å². The first kappa shape index (κ1) is 26.1. The summed E-state index contributed by atoms with van der Waals surface area (Å²) >= 11 is 0. The van der Waals surface area contributed by atoms with Crippen LogP contribution in [0.4, 0.5) is 14.9 Å². The highest BCUT2D eigenvalue weighted by atomic mass is 19.1. The van der Waals surface area contributed by atoms with E-state index in [-0.39, 0.29) is 23.9 Å². The number of amides is 2. The number of carbonyl (C=O) groups excluding carboxylic acids is 1. The summed E-state index contributed by atoms with van der Waals surface area (Å²) in [5, 5.41) is 4.41. The van der Waals surface area contributed by atoms with Gasteiger partial charge in [0.05, 0.1) is 6.04 Å². The van der Waals surface area contributed by atoms with E-state index in [4.69, 9.17) is 4.99 Å². The van der Waals surface area contributed by atoms with E-state index in [1.165, 1.54) is 47.9 Å². The lowest BCUT2D eigenvalue weighted by Crippen LogP contribution is -2.59. The molecule has 2 amide bonds. The second-order valence-electron chi connectivity index (χ2n) is 12.0. The summed E-state index contributed by atoms with van der Waals surface area (Å²) in [4.78, 5) is 23.0. The number of likely N-dealkylation sites (tertiary alicyclic amines) is 1. The second-order valence-corrected chi connectivity index (χ2v) is 12.0. The summed E-state index contributed by atoms with van der Waals surface area (Å²) in [6.07, 6.45) is 9.44. The number of anilines is 1. The third-order valence-electron chi connectivity index (χ3n) is 9.05. The van der Waals surface area contributed by atoms with Gasteiger partial charge in [-0.2, -0.15) is 0 Å². The third-order valence-corrected chi connectivity index (χ3v) is 9.05. The van der Waals surface area contributed by atoms with Crippen LogP contribution in [0.3, 0.4) is 0 Å². The Hall–Kier alpha value is -3.19. The molecular formula is C32H40FN5O. The number of halogens is 1. The zero-order valence-electron chi connectivity index (χ0n) is 23.4. The molecule has 2 atom stereocenters. The number of amidine groups is 1. The summed E-state index contributed by atoms with van der Waals surface area (Å²) < 4.78 is 16.6. The second kappa shape index (κ2) is 10.4. The molecule has 1 aliphatic carbocycles. The molecule has 2 saturated heterocycles. The zero-order valence-corrected chi connectivity index (χ0v) is 23.4. The number of hydrogen-bond donors (Lipinski definition) is 1. The van der Waals surface area contributed by atoms with Crippen molar-refractivity contribution in [2.24, 2.45) is 4.99 Å². The fourth-order valence-electron chi connectivity index (χ4n) is 7.00. The van der Waals surface area contributed by atoms with Crippen LogP contribution >= 0.6 is 0 Å². The molecule has 6 rings (SSSR count). The lowest BCUT2D eigenvalue weighted by molar-refractivity contribution is 0.123. The minimum atomic E-state index is -0.589. The first-order chi connectivity index (χ1) is 18.8. The van der Waals surface area contributed by atoms with Gasteiger partial charge in [-0.05, 0) is 87.7 Å². The predicted molar refractivity (Wildman–Crippen MR) is 156 cm³/mol. The van der Waals surface area contributed by atoms with Crippen molar-refractivity contribution in [2.75, 3.05) is 11.4 Å². The number of aromatic nitrogens is 1. The van der Waals surface area contributed by atoms with Crippen molar-refractivity contribution in [3.8, 4) is 0 Å². The molecule has 2 aliphatic heterocycles. The highest BCUT2D eigenvalue weighted by Gasteiger charge is 2.54. The van der Waals surface area contributed by atoms with Crippen molar-refractivity contribution in [1.29, 1.82) is 0 Å². The Labute approximate surface area is 230 Å². The summed E-state index contributed by atoms with van der Waals surface area (Å²) in [5.41, 5.74) is 2.58. The highest BCUT2D eigenvalue weighted by Crippen LogP contribution is 2.41. The molecule has 206 valence electrons. The molecule has 3 fully saturated rings. The number of nitrogens with one attached hydrogen (secondary N) is 1. The molecule has 1 spiro atoms. The van der Waals surface area contributed by atoms with Crippen molar-refractivity contribution >= 4 is 28.5 Å². The highest BCUT2D eigenvalue weighted by molar-refractivity contribution is 6.19. The van der Waals surface area contributed by atoms with Crippen LogP contribution in [0.1, 0.15) is 77.3 Å². The van der Waals surface area contributed by atoms with Gasteiger partial charge in [0.25, 0.3) is 0 Å². The maximum Gasteiger partial charge on any atom is 0.328 e. The summed E-state index contributed by atoms with van der Waals surface area (Å²) in [6, 6.07) is 16.1. The van der Waals surface area contributed by atoms with Crippen molar-refractivity contribution in [2.45, 2.75) is 95.9 Å². The number of aliphatic imine (C=N–C) groups is 1. The monoisotopic (exact) mass is 529 g/mol. The lowest BCUT2D eigenvalue weighted by Gasteiger charge is -2.47. The summed E-state index contributed by atoms with van der Waals surface area (Å²) in [7, 11) is 0. The Morgan fingerprint density at radius 1 is 1.10 bits per heavy atom. The van der Waals surface area contributed by atoms with E-state index >= 15 is 0 Å². The number of hydrogen-bond acceptors (Lipinski definition) is 3. The smallest absolute Gasteiger partial charge is 0.328 e. The first-order valence-electron chi connectivity index (χ1n) is 14.6. The van der Waals surface area contributed by atoms with Crippen molar-refractivity contribution < 1.29 is 9.18 Å². The molecule has 0 bridgehead atoms. The molecule has 1 aromatic heterocycles. The van der Waals surface area contributed by atoms with Crippen LogP contribution in [0.2, 0.25) is 0 Å². The molecule has 3 aromatic rings. The van der Waals surface area contributed by atoms with Crippen LogP contribution in [0, 0.1) is 5.82 Å². The zero-order chi connectivity index (χ0) is 27.1. The lowest BCUT2D eigenvalue weighted by atomic mass is 9.81. The van der Waals surface area contributed by atoms with Gasteiger partial charge in [0.15, 0.2) is 0 Å². The molecule has 0 unspecified atom stereocenters. The van der Waals surface area contributed by atoms with Crippen LogP contribution in [-0.2, 0) is 6.54 Å². The molecule has 7 heteroatoms. The van der Waals surface area contributed by atoms with E-state index in [1.54, 1.807) is 11.0 Å². The van der Waals surface area contributed by atoms with E-state index in [9.17, 15) is 9.18 Å². The average molecular weight is 530 g/mol. The number of piperidine rings is 1. The van der Waals surface area contributed by atoms with Gasteiger partial charge in [-0.3, -0.25) is 20.1 Å². The first-order valence-corrected chi connectivity index (χ1v) is 14.6. The van der Waals surface area contributed by atoms with Crippen molar-refractivity contribution in [3.63, 3.8) is 0 Å². The molecule has 3 heterocycles. The van der Waals surface area contributed by atoms with Crippen LogP contribution in [0.15, 0.2) is 59.7 Å². The van der Waals surface area contributed by atoms with Crippen LogP contribution < -0.4 is 10.2 Å². The molecule has 1 saturated carbocycles. The molecular weight excluding hydrogens is 489 g/mol. The number of urea groups is 1. The molecule has 3 aliphatic rings. The largest absolute Gasteiger partial charge is 0.345 e. The van der Waals surface area contributed by atoms with E-state index in [0.717, 1.165) is 44.6 Å². The minimum Gasteiger partial charge on any atom is -0.345 e. The van der Waals surface area contributed by atoms with E-state index < -0.39 is 5.54 Å². The van der Waals surface area contributed by atoms with Gasteiger partial charge >= 0.3 is 6.03 Å². The summed E-state index contributed by atoms with van der Waals surface area (Å²) in [6.45, 7) is 8.36. The Balaban J connectivity index is 1.30. The quantitative estimate of drug-likeness (QED) is 0.385. The molecule has 0 radical (unpaired) electrons. The predicted octanol–water partition coefficient (Wildman–Crippen LogP) is 7.05. The Bertz CT molecular complexity index is 1390. The van der Waals surface area contributed by atoms with Crippen LogP contribution in [0.5, 0.6) is 0 Å². The molecule has 1 N–H and O–H groups in total. The number of benzene rings is 2. The fraction of sp³-hybridized carbons (Fsp3) is 0.500. The SMILES string of the molecule is CC(C)n1ccc2ccc(CN3CC[C@]4(C[C@H]3C)C(=NC3CCCCC3)NC(=O)N4c3cccc(F)c3)cc21. The summed E-state index contributed by atoms with van der Waals surface area (Å²) in [5.74, 6) is 0.450. The Morgan fingerprint density at radius 2 is 1.92 bits per heavy atom.